The van der Waals surface area contributed by atoms with Crippen LogP contribution < -0.4 is 23.7 Å². The maximum atomic E-state index is 12.3. The summed E-state index contributed by atoms with van der Waals surface area (Å²) >= 11 is 0. The van der Waals surface area contributed by atoms with Gasteiger partial charge in [0.05, 0.1) is 72.3 Å². The first kappa shape index (κ1) is 38.1. The van der Waals surface area contributed by atoms with E-state index in [0.717, 1.165) is 12.5 Å². The number of aliphatic hydroxyl groups is 4. The van der Waals surface area contributed by atoms with Gasteiger partial charge in [-0.2, -0.15) is 0 Å². The van der Waals surface area contributed by atoms with E-state index in [9.17, 15) is 35.1 Å². The summed E-state index contributed by atoms with van der Waals surface area (Å²) in [5.41, 5.74) is -0.451. The van der Waals surface area contributed by atoms with Crippen LogP contribution >= 0.6 is 0 Å². The van der Waals surface area contributed by atoms with Gasteiger partial charge < -0.3 is 73.3 Å². The number of carboxylic acid groups (broad SMARTS) is 1. The van der Waals surface area contributed by atoms with Crippen molar-refractivity contribution in [3.05, 3.63) is 35.4 Å². The Morgan fingerprint density at radius 1 is 0.784 bits per heavy atom. The number of benzene rings is 2. The van der Waals surface area contributed by atoms with Gasteiger partial charge in [0, 0.05) is 11.8 Å². The smallest absolute Gasteiger partial charge is 0.308 e. The largest absolute Gasteiger partial charge is 0.502 e. The molecule has 2 aromatic rings. The SMILES string of the molecule is COc1cc(C2OCC3C(c4cc(OC)c(O[C@@H]5O[C@H](COC(=O)CC(C)(O)CC(=O)O)[C@@H](O)[C@H](O)[C@H]5O)c(OC)c4)OCC23)cc(OC)c1O. The average molecular weight is 725 g/mol. The van der Waals surface area contributed by atoms with Crippen molar-refractivity contribution >= 4 is 11.9 Å². The Hall–Kier alpha value is -4.10. The van der Waals surface area contributed by atoms with Gasteiger partial charge >= 0.3 is 11.9 Å². The molecule has 2 aromatic carbocycles. The zero-order valence-corrected chi connectivity index (χ0v) is 28.7. The van der Waals surface area contributed by atoms with E-state index in [1.807, 2.05) is 0 Å². The summed E-state index contributed by atoms with van der Waals surface area (Å²) < 4.78 is 51.2. The third-order valence-electron chi connectivity index (χ3n) is 9.27. The summed E-state index contributed by atoms with van der Waals surface area (Å²) in [6.07, 6.45) is -10.4. The van der Waals surface area contributed by atoms with E-state index in [-0.39, 0.29) is 52.4 Å². The van der Waals surface area contributed by atoms with E-state index in [0.29, 0.717) is 18.8 Å². The third kappa shape index (κ3) is 8.04. The molecule has 51 heavy (non-hydrogen) atoms. The molecule has 6 N–H and O–H groups in total. The van der Waals surface area contributed by atoms with E-state index in [1.54, 1.807) is 24.3 Å². The fourth-order valence-electron chi connectivity index (χ4n) is 6.69. The van der Waals surface area contributed by atoms with Crippen molar-refractivity contribution in [3.8, 4) is 34.5 Å². The van der Waals surface area contributed by atoms with Crippen LogP contribution in [0.5, 0.6) is 34.5 Å². The first-order valence-electron chi connectivity index (χ1n) is 16.1. The summed E-state index contributed by atoms with van der Waals surface area (Å²) in [4.78, 5) is 23.3. The predicted molar refractivity (Wildman–Crippen MR) is 171 cm³/mol. The highest BCUT2D eigenvalue weighted by molar-refractivity contribution is 5.73. The highest BCUT2D eigenvalue weighted by atomic mass is 16.7. The zero-order valence-electron chi connectivity index (χ0n) is 28.7. The first-order valence-corrected chi connectivity index (χ1v) is 16.1. The van der Waals surface area contributed by atoms with E-state index in [2.05, 4.69) is 0 Å². The third-order valence-corrected chi connectivity index (χ3v) is 9.27. The van der Waals surface area contributed by atoms with Crippen LogP contribution in [0.2, 0.25) is 0 Å². The van der Waals surface area contributed by atoms with Crippen molar-refractivity contribution in [1.29, 1.82) is 0 Å². The normalized spacial score (nSPS) is 29.8. The van der Waals surface area contributed by atoms with Crippen LogP contribution in [0.3, 0.4) is 0 Å². The molecule has 17 heteroatoms. The number of rotatable bonds is 14. The number of esters is 1. The van der Waals surface area contributed by atoms with Crippen LogP contribution in [0.4, 0.5) is 0 Å². The van der Waals surface area contributed by atoms with Crippen molar-refractivity contribution < 1.29 is 82.9 Å². The van der Waals surface area contributed by atoms with Crippen molar-refractivity contribution in [2.45, 2.75) is 68.3 Å². The molecule has 5 rings (SSSR count). The Labute approximate surface area is 293 Å². The molecule has 0 amide bonds. The quantitative estimate of drug-likeness (QED) is 0.148. The fraction of sp³-hybridized carbons (Fsp3) is 0.588. The van der Waals surface area contributed by atoms with Crippen LogP contribution in [0.25, 0.3) is 0 Å². The number of phenolic OH excluding ortho intramolecular Hbond substituents is 1. The monoisotopic (exact) mass is 724 g/mol. The van der Waals surface area contributed by atoms with Gasteiger partial charge in [0.1, 0.15) is 31.0 Å². The zero-order chi connectivity index (χ0) is 37.2. The Balaban J connectivity index is 1.31. The number of carbonyl (C=O) groups is 2. The summed E-state index contributed by atoms with van der Waals surface area (Å²) in [5.74, 6) is -1.72. The molecule has 3 aliphatic heterocycles. The summed E-state index contributed by atoms with van der Waals surface area (Å²) in [5, 5.41) is 61.3. The lowest BCUT2D eigenvalue weighted by atomic mass is 9.84. The Kier molecular flexibility index (Phi) is 11.7. The Morgan fingerprint density at radius 2 is 1.27 bits per heavy atom. The minimum Gasteiger partial charge on any atom is -0.502 e. The lowest BCUT2D eigenvalue weighted by Gasteiger charge is -2.40. The van der Waals surface area contributed by atoms with Gasteiger partial charge in [0.2, 0.25) is 17.8 Å². The fourth-order valence-corrected chi connectivity index (χ4v) is 6.69. The lowest BCUT2D eigenvalue weighted by molar-refractivity contribution is -0.279. The Bertz CT molecular complexity index is 1510. The number of aromatic hydroxyl groups is 1. The molecule has 0 aromatic heterocycles. The molecule has 3 aliphatic rings. The second-order valence-corrected chi connectivity index (χ2v) is 12.9. The van der Waals surface area contributed by atoms with Crippen molar-refractivity contribution in [2.24, 2.45) is 11.8 Å². The molecule has 10 atom stereocenters. The topological polar surface area (TPSA) is 239 Å². The maximum Gasteiger partial charge on any atom is 0.308 e. The number of carbonyl (C=O) groups excluding carboxylic acids is 1. The molecule has 0 bridgehead atoms. The second-order valence-electron chi connectivity index (χ2n) is 12.9. The van der Waals surface area contributed by atoms with Gasteiger partial charge in [-0.05, 0) is 42.3 Å². The number of hydrogen-bond donors (Lipinski definition) is 6. The van der Waals surface area contributed by atoms with Crippen LogP contribution in [0.1, 0.15) is 43.1 Å². The van der Waals surface area contributed by atoms with Crippen LogP contribution in [-0.2, 0) is 28.5 Å². The van der Waals surface area contributed by atoms with E-state index >= 15 is 0 Å². The minimum atomic E-state index is -1.89. The molecule has 0 aliphatic carbocycles. The molecule has 3 fully saturated rings. The molecule has 3 heterocycles. The number of methoxy groups -OCH3 is 4. The van der Waals surface area contributed by atoms with Gasteiger partial charge in [-0.3, -0.25) is 9.59 Å². The molecule has 282 valence electrons. The minimum absolute atomic E-state index is 0.00442. The Morgan fingerprint density at radius 3 is 1.75 bits per heavy atom. The highest BCUT2D eigenvalue weighted by Gasteiger charge is 2.49. The first-order chi connectivity index (χ1) is 24.2. The van der Waals surface area contributed by atoms with Gasteiger partial charge in [-0.1, -0.05) is 0 Å². The van der Waals surface area contributed by atoms with Crippen LogP contribution in [0.15, 0.2) is 24.3 Å². The van der Waals surface area contributed by atoms with Crippen LogP contribution in [0, 0.1) is 11.8 Å². The summed E-state index contributed by atoms with van der Waals surface area (Å²) in [7, 11) is 5.68. The molecule has 3 saturated heterocycles. The van der Waals surface area contributed by atoms with Gasteiger partial charge in [0.25, 0.3) is 0 Å². The lowest BCUT2D eigenvalue weighted by Crippen LogP contribution is -2.60. The number of aliphatic carboxylic acids is 1. The second kappa shape index (κ2) is 15.6. The number of phenols is 1. The van der Waals surface area contributed by atoms with Gasteiger partial charge in [-0.15, -0.1) is 0 Å². The number of hydrogen-bond acceptors (Lipinski definition) is 16. The molecule has 17 nitrogen and oxygen atoms in total. The molecular weight excluding hydrogens is 680 g/mol. The molecule has 5 unspecified atom stereocenters. The van der Waals surface area contributed by atoms with Crippen molar-refractivity contribution in [2.75, 3.05) is 48.3 Å². The average Bonchev–Trinajstić information content (AvgIpc) is 3.70. The predicted octanol–water partition coefficient (Wildman–Crippen LogP) is 0.847. The summed E-state index contributed by atoms with van der Waals surface area (Å²) in [6.45, 7) is 1.26. The van der Waals surface area contributed by atoms with Crippen molar-refractivity contribution in [1.82, 2.24) is 0 Å². The van der Waals surface area contributed by atoms with Crippen molar-refractivity contribution in [3.63, 3.8) is 0 Å². The number of ether oxygens (including phenoxy) is 9. The highest BCUT2D eigenvalue weighted by Crippen LogP contribution is 2.53. The number of fused-ring (bicyclic) bond motifs is 1. The van der Waals surface area contributed by atoms with E-state index < -0.39 is 73.8 Å². The summed E-state index contributed by atoms with van der Waals surface area (Å²) in [6, 6.07) is 6.76. The van der Waals surface area contributed by atoms with Gasteiger partial charge in [0.15, 0.2) is 23.0 Å². The molecular formula is C34H44O17. The van der Waals surface area contributed by atoms with Crippen LogP contribution in [-0.4, -0.2) is 127 Å². The number of aliphatic hydroxyl groups excluding tert-OH is 3. The van der Waals surface area contributed by atoms with E-state index in [1.165, 1.54) is 28.4 Å². The van der Waals surface area contributed by atoms with Gasteiger partial charge in [-0.25, -0.2) is 0 Å². The number of carboxylic acids is 1. The van der Waals surface area contributed by atoms with E-state index in [4.69, 9.17) is 47.7 Å². The maximum absolute atomic E-state index is 12.3. The molecule has 0 saturated carbocycles. The molecule has 0 radical (unpaired) electrons. The molecule has 0 spiro atoms. The standard InChI is InChI=1S/C34H44O17/c1-34(42,10-24(35)36)11-25(37)47-14-23-27(39)28(40)29(41)33(50-23)51-32-21(45-4)8-16(9-22(32)46-5)31-18-13-48-30(17(18)12-49-31)15-6-19(43-2)26(38)20(7-15)44-3/h6-9,17-18,23,27-31,33,38-42H,10-14H2,1-5H3,(H,35,36)/t17?,18?,23-,27-,28+,29-,30?,31?,33+,34?/m1/s1.